The van der Waals surface area contributed by atoms with Gasteiger partial charge in [-0.25, -0.2) is 0 Å². The van der Waals surface area contributed by atoms with E-state index in [0.717, 1.165) is 0 Å². The van der Waals surface area contributed by atoms with Gasteiger partial charge in [0.25, 0.3) is 0 Å². The molecule has 0 atom stereocenters. The minimum absolute atomic E-state index is 1.03. The summed E-state index contributed by atoms with van der Waals surface area (Å²) in [7, 11) is -1.03. The van der Waals surface area contributed by atoms with Crippen LogP contribution in [-0.4, -0.2) is 13.9 Å². The van der Waals surface area contributed by atoms with Crippen LogP contribution in [0.25, 0.3) is 0 Å². The lowest BCUT2D eigenvalue weighted by molar-refractivity contribution is 1.59. The summed E-state index contributed by atoms with van der Waals surface area (Å²) in [5.41, 5.74) is 2.18. The first-order chi connectivity index (χ1) is 4.06. The molecule has 0 saturated carbocycles. The summed E-state index contributed by atoms with van der Waals surface area (Å²) in [6.07, 6.45) is 3.53. The van der Waals surface area contributed by atoms with Crippen LogP contribution >= 0.6 is 0 Å². The molecule has 0 spiro atoms. The molecule has 0 bridgehead atoms. The molecule has 0 rings (SSSR count). The van der Waals surface area contributed by atoms with Gasteiger partial charge < -0.3 is 0 Å². The van der Waals surface area contributed by atoms with E-state index in [0.29, 0.717) is 0 Å². The Morgan fingerprint density at radius 3 is 2.22 bits per heavy atom. The maximum Gasteiger partial charge on any atom is 0.0687 e. The zero-order valence-electron chi connectivity index (χ0n) is 6.23. The molecule has 1 nitrogen and oxygen atoms in total. The van der Waals surface area contributed by atoms with Crippen molar-refractivity contribution in [2.24, 2.45) is 0 Å². The van der Waals surface area contributed by atoms with Gasteiger partial charge in [-0.05, 0) is 11.9 Å². The average Bonchev–Trinajstić information content (AvgIpc) is 1.63. The van der Waals surface area contributed by atoms with E-state index in [1.165, 1.54) is 0 Å². The Balaban J connectivity index is 3.85. The van der Waals surface area contributed by atoms with Crippen molar-refractivity contribution in [3.8, 4) is 0 Å². The Morgan fingerprint density at radius 1 is 1.33 bits per heavy atom. The normalized spacial score (nSPS) is 11.4. The van der Waals surface area contributed by atoms with Gasteiger partial charge >= 0.3 is 0 Å². The first-order valence-electron chi connectivity index (χ1n) is 2.99. The Morgan fingerprint density at radius 2 is 1.89 bits per heavy atom. The largest absolute Gasteiger partial charge is 0.259 e. The van der Waals surface area contributed by atoms with Crippen LogP contribution < -0.4 is 0 Å². The van der Waals surface area contributed by atoms with Gasteiger partial charge in [-0.1, -0.05) is 31.4 Å². The Bertz CT molecular complexity index is 147. The molecule has 0 aliphatic carbocycles. The van der Waals surface area contributed by atoms with Crippen molar-refractivity contribution in [2.45, 2.75) is 19.6 Å². The van der Waals surface area contributed by atoms with E-state index in [-0.39, 0.29) is 0 Å². The lowest BCUT2D eigenvalue weighted by atomic mass is 10.6. The summed E-state index contributed by atoms with van der Waals surface area (Å²) in [5, 5.41) is 6.57. The molecule has 0 fully saturated rings. The maximum atomic E-state index is 6.57. The summed E-state index contributed by atoms with van der Waals surface area (Å²) in [4.78, 5) is 0. The first kappa shape index (κ1) is 8.41. The summed E-state index contributed by atoms with van der Waals surface area (Å²) in [6.45, 7) is 6.75. The summed E-state index contributed by atoms with van der Waals surface area (Å²) in [5.74, 6) is 2.20. The number of allylic oxidation sites excluding steroid dienone is 2. The third kappa shape index (κ3) is 7.41. The predicted molar refractivity (Wildman–Crippen MR) is 44.8 cm³/mol. The number of rotatable bonds is 2. The number of hydrogen-bond donors (Lipinski definition) is 1. The van der Waals surface area contributed by atoms with E-state index in [1.807, 2.05) is 6.08 Å². The minimum atomic E-state index is -1.03. The van der Waals surface area contributed by atoms with Crippen molar-refractivity contribution >= 4 is 13.9 Å². The Hall–Kier alpha value is -0.593. The minimum Gasteiger partial charge on any atom is -0.259 e. The lowest BCUT2D eigenvalue weighted by Crippen LogP contribution is -2.14. The second kappa shape index (κ2) is 3.44. The highest BCUT2D eigenvalue weighted by atomic mass is 28.3. The third-order valence-electron chi connectivity index (χ3n) is 0.776. The fraction of sp³-hybridized carbons (Fsp3) is 0.429. The van der Waals surface area contributed by atoms with Gasteiger partial charge in [0.1, 0.15) is 0 Å². The van der Waals surface area contributed by atoms with Crippen LogP contribution in [0.2, 0.25) is 19.6 Å². The zero-order valence-corrected chi connectivity index (χ0v) is 7.23. The highest BCUT2D eigenvalue weighted by molar-refractivity contribution is 6.81. The molecule has 0 amide bonds. The highest BCUT2D eigenvalue weighted by Gasteiger charge is 2.05. The number of nitrogens with one attached hydrogen (secondary N) is 1. The topological polar surface area (TPSA) is 23.9 Å². The van der Waals surface area contributed by atoms with Crippen LogP contribution in [-0.2, 0) is 0 Å². The molecule has 0 aliphatic heterocycles. The molecular formula is C7H13NSi. The second-order valence-corrected chi connectivity index (χ2v) is 8.10. The van der Waals surface area contributed by atoms with Crippen LogP contribution in [0.3, 0.4) is 0 Å². The predicted octanol–water partition coefficient (Wildman–Crippen LogP) is 2.22. The van der Waals surface area contributed by atoms with Crippen molar-refractivity contribution in [3.63, 3.8) is 0 Å². The highest BCUT2D eigenvalue weighted by Crippen LogP contribution is 2.00. The fourth-order valence-electron chi connectivity index (χ4n) is 0.385. The van der Waals surface area contributed by atoms with Gasteiger partial charge in [-0.2, -0.15) is 0 Å². The second-order valence-electron chi connectivity index (χ2n) is 3.04. The van der Waals surface area contributed by atoms with E-state index in [4.69, 9.17) is 5.41 Å². The van der Waals surface area contributed by atoms with Crippen LogP contribution in [0.15, 0.2) is 17.9 Å². The summed E-state index contributed by atoms with van der Waals surface area (Å²) in [6, 6.07) is 0. The molecule has 0 radical (unpaired) electrons. The molecule has 0 aromatic rings. The molecule has 0 aliphatic rings. The monoisotopic (exact) mass is 139 g/mol. The average molecular weight is 139 g/mol. The van der Waals surface area contributed by atoms with Crippen LogP contribution in [0.1, 0.15) is 0 Å². The summed E-state index contributed by atoms with van der Waals surface area (Å²) < 4.78 is 0. The van der Waals surface area contributed by atoms with Crippen LogP contribution in [0, 0.1) is 5.41 Å². The Labute approximate surface area is 57.6 Å². The molecule has 0 unspecified atom stereocenters. The van der Waals surface area contributed by atoms with Crippen molar-refractivity contribution in [1.82, 2.24) is 0 Å². The molecular weight excluding hydrogens is 126 g/mol. The van der Waals surface area contributed by atoms with Gasteiger partial charge in [0.05, 0.1) is 8.07 Å². The van der Waals surface area contributed by atoms with Crippen molar-refractivity contribution in [3.05, 3.63) is 17.9 Å². The molecule has 0 heterocycles. The molecule has 0 saturated heterocycles. The van der Waals surface area contributed by atoms with Gasteiger partial charge in [-0.15, -0.1) is 0 Å². The van der Waals surface area contributed by atoms with Crippen molar-refractivity contribution < 1.29 is 0 Å². The lowest BCUT2D eigenvalue weighted by Gasteiger charge is -2.06. The molecule has 0 aromatic carbocycles. The van der Waals surface area contributed by atoms with E-state index >= 15 is 0 Å². The Kier molecular flexibility index (Phi) is 3.21. The molecule has 0 aromatic heterocycles. The van der Waals surface area contributed by atoms with E-state index in [2.05, 4.69) is 31.2 Å². The van der Waals surface area contributed by atoms with Gasteiger partial charge in [-0.3, -0.25) is 5.41 Å². The molecule has 50 valence electrons. The first-order valence-corrected chi connectivity index (χ1v) is 6.57. The van der Waals surface area contributed by atoms with Crippen LogP contribution in [0.4, 0.5) is 0 Å². The molecule has 2 heteroatoms. The number of hydrogen-bond acceptors (Lipinski definition) is 1. The standard InChI is InChI=1S/C7H13NSi/c1-9(2,3)7-5-4-6-8/h4-5,7-8H,1-3H3/b7-5-. The zero-order chi connectivity index (χ0) is 7.33. The van der Waals surface area contributed by atoms with Gasteiger partial charge in [0, 0.05) is 0 Å². The smallest absolute Gasteiger partial charge is 0.0687 e. The quantitative estimate of drug-likeness (QED) is 0.344. The van der Waals surface area contributed by atoms with E-state index in [1.54, 1.807) is 6.08 Å². The fourth-order valence-corrected chi connectivity index (χ4v) is 1.06. The van der Waals surface area contributed by atoms with Crippen molar-refractivity contribution in [1.29, 1.82) is 5.41 Å². The maximum absolute atomic E-state index is 6.57. The third-order valence-corrected chi connectivity index (χ3v) is 1.97. The van der Waals surface area contributed by atoms with Gasteiger partial charge in [0.15, 0.2) is 0 Å². The van der Waals surface area contributed by atoms with E-state index < -0.39 is 8.07 Å². The molecule has 9 heavy (non-hydrogen) atoms. The van der Waals surface area contributed by atoms with Crippen LogP contribution in [0.5, 0.6) is 0 Å². The SMILES string of the molecule is C[Si](C)(C)/C=C\C=C=N. The molecule has 1 N–H and O–H groups in total. The van der Waals surface area contributed by atoms with E-state index in [9.17, 15) is 0 Å². The van der Waals surface area contributed by atoms with Gasteiger partial charge in [0.2, 0.25) is 0 Å². The summed E-state index contributed by atoms with van der Waals surface area (Å²) >= 11 is 0. The van der Waals surface area contributed by atoms with Crippen molar-refractivity contribution in [2.75, 3.05) is 0 Å².